The molecule has 18 heavy (non-hydrogen) atoms. The standard InChI is InChI=1S/C14H16BrNO2/c1-9-3-4-13(12(15)5-9)17-8-11-6-10(2)14(7-16)18-11/h3-6H,7-8,16H2,1-2H3. The van der Waals surface area contributed by atoms with Crippen LogP contribution in [0.1, 0.15) is 22.6 Å². The molecule has 0 spiro atoms. The molecule has 1 aromatic carbocycles. The van der Waals surface area contributed by atoms with Gasteiger partial charge in [-0.25, -0.2) is 0 Å². The Hall–Kier alpha value is -1.26. The van der Waals surface area contributed by atoms with Crippen molar-refractivity contribution in [2.45, 2.75) is 27.0 Å². The van der Waals surface area contributed by atoms with Crippen LogP contribution in [0.5, 0.6) is 5.75 Å². The second kappa shape index (κ2) is 5.59. The van der Waals surface area contributed by atoms with Crippen molar-refractivity contribution in [3.8, 4) is 5.75 Å². The molecule has 0 unspecified atom stereocenters. The normalized spacial score (nSPS) is 10.7. The first-order valence-electron chi connectivity index (χ1n) is 5.77. The third-order valence-electron chi connectivity index (χ3n) is 2.71. The molecule has 0 bridgehead atoms. The van der Waals surface area contributed by atoms with Crippen molar-refractivity contribution in [2.75, 3.05) is 0 Å². The van der Waals surface area contributed by atoms with E-state index in [9.17, 15) is 0 Å². The molecule has 0 fully saturated rings. The van der Waals surface area contributed by atoms with Crippen LogP contribution < -0.4 is 10.5 Å². The van der Waals surface area contributed by atoms with Gasteiger partial charge < -0.3 is 14.9 Å². The lowest BCUT2D eigenvalue weighted by Crippen LogP contribution is -1.96. The Kier molecular flexibility index (Phi) is 4.09. The van der Waals surface area contributed by atoms with Crippen LogP contribution in [0.2, 0.25) is 0 Å². The van der Waals surface area contributed by atoms with Crippen LogP contribution >= 0.6 is 15.9 Å². The van der Waals surface area contributed by atoms with E-state index in [0.717, 1.165) is 27.3 Å². The van der Waals surface area contributed by atoms with Crippen molar-refractivity contribution in [2.24, 2.45) is 5.73 Å². The van der Waals surface area contributed by atoms with Crippen LogP contribution in [0, 0.1) is 13.8 Å². The number of rotatable bonds is 4. The molecule has 1 heterocycles. The van der Waals surface area contributed by atoms with Crippen LogP contribution in [0.3, 0.4) is 0 Å². The molecule has 96 valence electrons. The first-order chi connectivity index (χ1) is 8.60. The molecular formula is C14H16BrNO2. The summed E-state index contributed by atoms with van der Waals surface area (Å²) >= 11 is 3.48. The zero-order chi connectivity index (χ0) is 13.1. The molecule has 2 aromatic rings. The summed E-state index contributed by atoms with van der Waals surface area (Å²) in [6.45, 7) is 4.84. The van der Waals surface area contributed by atoms with E-state index in [1.165, 1.54) is 5.56 Å². The topological polar surface area (TPSA) is 48.4 Å². The third kappa shape index (κ3) is 2.94. The van der Waals surface area contributed by atoms with E-state index in [-0.39, 0.29) is 0 Å². The number of furan rings is 1. The Bertz CT molecular complexity index is 549. The molecule has 0 aliphatic heterocycles. The lowest BCUT2D eigenvalue weighted by Gasteiger charge is -2.07. The number of aryl methyl sites for hydroxylation is 2. The number of benzene rings is 1. The molecule has 2 N–H and O–H groups in total. The quantitative estimate of drug-likeness (QED) is 0.937. The summed E-state index contributed by atoms with van der Waals surface area (Å²) in [5, 5.41) is 0. The van der Waals surface area contributed by atoms with Crippen LogP contribution in [-0.4, -0.2) is 0 Å². The zero-order valence-corrected chi connectivity index (χ0v) is 12.1. The molecule has 0 aliphatic carbocycles. The van der Waals surface area contributed by atoms with Gasteiger partial charge in [-0.3, -0.25) is 0 Å². The first-order valence-corrected chi connectivity index (χ1v) is 6.56. The highest BCUT2D eigenvalue weighted by Gasteiger charge is 2.08. The minimum Gasteiger partial charge on any atom is -0.484 e. The van der Waals surface area contributed by atoms with Gasteiger partial charge in [-0.15, -0.1) is 0 Å². The van der Waals surface area contributed by atoms with Crippen LogP contribution in [-0.2, 0) is 13.2 Å². The average Bonchev–Trinajstić information content (AvgIpc) is 2.69. The minimum atomic E-state index is 0.405. The van der Waals surface area contributed by atoms with Gasteiger partial charge in [0.25, 0.3) is 0 Å². The highest BCUT2D eigenvalue weighted by atomic mass is 79.9. The summed E-state index contributed by atoms with van der Waals surface area (Å²) in [7, 11) is 0. The van der Waals surface area contributed by atoms with E-state index in [1.807, 2.05) is 38.1 Å². The molecular weight excluding hydrogens is 294 g/mol. The van der Waals surface area contributed by atoms with Gasteiger partial charge in [0.1, 0.15) is 23.9 Å². The highest BCUT2D eigenvalue weighted by molar-refractivity contribution is 9.10. The Morgan fingerprint density at radius 2 is 2.06 bits per heavy atom. The van der Waals surface area contributed by atoms with Crippen molar-refractivity contribution >= 4 is 15.9 Å². The van der Waals surface area contributed by atoms with Crippen molar-refractivity contribution in [1.29, 1.82) is 0 Å². The smallest absolute Gasteiger partial charge is 0.146 e. The zero-order valence-electron chi connectivity index (χ0n) is 10.5. The molecule has 0 saturated heterocycles. The molecule has 0 aliphatic rings. The van der Waals surface area contributed by atoms with Gasteiger partial charge in [0.2, 0.25) is 0 Å². The summed E-state index contributed by atoms with van der Waals surface area (Å²) < 4.78 is 12.2. The lowest BCUT2D eigenvalue weighted by molar-refractivity contribution is 0.264. The predicted octanol–water partition coefficient (Wildman–Crippen LogP) is 3.70. The van der Waals surface area contributed by atoms with Gasteiger partial charge in [-0.05, 0) is 59.1 Å². The molecule has 3 nitrogen and oxygen atoms in total. The van der Waals surface area contributed by atoms with E-state index in [0.29, 0.717) is 13.2 Å². The minimum absolute atomic E-state index is 0.405. The lowest BCUT2D eigenvalue weighted by atomic mass is 10.2. The van der Waals surface area contributed by atoms with E-state index in [1.54, 1.807) is 0 Å². The number of hydrogen-bond acceptors (Lipinski definition) is 3. The predicted molar refractivity (Wildman–Crippen MR) is 74.5 cm³/mol. The molecule has 1 aromatic heterocycles. The van der Waals surface area contributed by atoms with E-state index >= 15 is 0 Å². The summed E-state index contributed by atoms with van der Waals surface area (Å²) in [6, 6.07) is 7.94. The Morgan fingerprint density at radius 1 is 1.28 bits per heavy atom. The SMILES string of the molecule is Cc1ccc(OCc2cc(C)c(CN)o2)c(Br)c1. The first kappa shape index (κ1) is 13.2. The largest absolute Gasteiger partial charge is 0.484 e. The molecule has 4 heteroatoms. The van der Waals surface area contributed by atoms with Crippen LogP contribution in [0.15, 0.2) is 33.2 Å². The van der Waals surface area contributed by atoms with Crippen molar-refractivity contribution in [3.63, 3.8) is 0 Å². The molecule has 0 saturated carbocycles. The van der Waals surface area contributed by atoms with Crippen molar-refractivity contribution in [1.82, 2.24) is 0 Å². The van der Waals surface area contributed by atoms with Gasteiger partial charge in [0.15, 0.2) is 0 Å². The fourth-order valence-electron chi connectivity index (χ4n) is 1.74. The number of ether oxygens (including phenoxy) is 1. The number of nitrogens with two attached hydrogens (primary N) is 1. The monoisotopic (exact) mass is 309 g/mol. The van der Waals surface area contributed by atoms with Crippen LogP contribution in [0.25, 0.3) is 0 Å². The van der Waals surface area contributed by atoms with Crippen molar-refractivity contribution < 1.29 is 9.15 Å². The average molecular weight is 310 g/mol. The second-order valence-electron chi connectivity index (χ2n) is 4.25. The van der Waals surface area contributed by atoms with Gasteiger partial charge in [-0.1, -0.05) is 6.07 Å². The molecule has 0 atom stereocenters. The molecule has 0 amide bonds. The van der Waals surface area contributed by atoms with Crippen LogP contribution in [0.4, 0.5) is 0 Å². The summed E-state index contributed by atoms with van der Waals surface area (Å²) in [5.74, 6) is 2.42. The summed E-state index contributed by atoms with van der Waals surface area (Å²) in [6.07, 6.45) is 0. The fraction of sp³-hybridized carbons (Fsp3) is 0.286. The number of halogens is 1. The van der Waals surface area contributed by atoms with Gasteiger partial charge in [0.05, 0.1) is 11.0 Å². The maximum Gasteiger partial charge on any atom is 0.146 e. The Morgan fingerprint density at radius 3 is 2.67 bits per heavy atom. The summed E-state index contributed by atoms with van der Waals surface area (Å²) in [5.41, 5.74) is 7.83. The maximum atomic E-state index is 5.71. The highest BCUT2D eigenvalue weighted by Crippen LogP contribution is 2.27. The molecule has 2 rings (SSSR count). The van der Waals surface area contributed by atoms with E-state index < -0.39 is 0 Å². The number of hydrogen-bond donors (Lipinski definition) is 1. The van der Waals surface area contributed by atoms with Gasteiger partial charge in [0, 0.05) is 0 Å². The molecule has 0 radical (unpaired) electrons. The second-order valence-corrected chi connectivity index (χ2v) is 5.10. The fourth-order valence-corrected chi connectivity index (χ4v) is 2.34. The van der Waals surface area contributed by atoms with Gasteiger partial charge in [-0.2, -0.15) is 0 Å². The Balaban J connectivity index is 2.06. The maximum absolute atomic E-state index is 5.71. The Labute approximate surface area is 115 Å². The summed E-state index contributed by atoms with van der Waals surface area (Å²) in [4.78, 5) is 0. The van der Waals surface area contributed by atoms with E-state index in [4.69, 9.17) is 14.9 Å². The van der Waals surface area contributed by atoms with Crippen molar-refractivity contribution in [3.05, 3.63) is 51.4 Å². The van der Waals surface area contributed by atoms with E-state index in [2.05, 4.69) is 15.9 Å². The van der Waals surface area contributed by atoms with Gasteiger partial charge >= 0.3 is 0 Å². The third-order valence-corrected chi connectivity index (χ3v) is 3.33.